The van der Waals surface area contributed by atoms with Crippen LogP contribution in [0.5, 0.6) is 5.75 Å². The number of fused-ring (bicyclic) bond motifs is 1. The van der Waals surface area contributed by atoms with Crippen LogP contribution in [0.1, 0.15) is 86.7 Å². The molecule has 0 atom stereocenters. The summed E-state index contributed by atoms with van der Waals surface area (Å²) in [4.78, 5) is 10.7. The lowest BCUT2D eigenvalue weighted by Gasteiger charge is -2.23. The summed E-state index contributed by atoms with van der Waals surface area (Å²) in [7, 11) is 0. The predicted molar refractivity (Wildman–Crippen MR) is 302 cm³/mol. The summed E-state index contributed by atoms with van der Waals surface area (Å²) in [5, 5.41) is 12.8. The zero-order valence-electron chi connectivity index (χ0n) is 44.2. The molecule has 0 spiro atoms. The first-order valence-electron chi connectivity index (χ1n) is 26.6. The van der Waals surface area contributed by atoms with Gasteiger partial charge in [-0.3, -0.25) is 9.55 Å². The van der Waals surface area contributed by atoms with Crippen LogP contribution in [0.25, 0.3) is 95.0 Å². The third-order valence-electron chi connectivity index (χ3n) is 14.5. The Morgan fingerprint density at radius 3 is 1.78 bits per heavy atom. The van der Waals surface area contributed by atoms with Gasteiger partial charge < -0.3 is 5.11 Å². The number of benzene rings is 8. The molecule has 0 amide bonds. The average molecular weight is 940 g/mol. The minimum Gasteiger partial charge on any atom is -0.507 e. The fraction of sp³-hybridized carbons (Fsp3) is 0.206. The Morgan fingerprint density at radius 1 is 0.500 bits per heavy atom. The number of nitrogens with zero attached hydrogens (tertiary/aromatic N) is 3. The van der Waals surface area contributed by atoms with Crippen LogP contribution >= 0.6 is 0 Å². The molecule has 0 aliphatic heterocycles. The maximum Gasteiger partial charge on any atom is 0.149 e. The van der Waals surface area contributed by atoms with Crippen molar-refractivity contribution < 1.29 is 7.85 Å². The molecule has 11 rings (SSSR count). The summed E-state index contributed by atoms with van der Waals surface area (Å²) in [5.74, 6) is 0.852. The molecule has 2 aromatic heterocycles. The highest BCUT2D eigenvalue weighted by Crippen LogP contribution is 2.46. The van der Waals surface area contributed by atoms with Crippen LogP contribution in [0.2, 0.25) is 0 Å². The van der Waals surface area contributed by atoms with Gasteiger partial charge in [0.1, 0.15) is 11.6 Å². The average Bonchev–Trinajstić information content (AvgIpc) is 4.14. The first-order chi connectivity index (χ1) is 35.6. The second-order valence-corrected chi connectivity index (χ2v) is 21.6. The lowest BCUT2D eigenvalue weighted by molar-refractivity contribution is 0.479. The topological polar surface area (TPSA) is 50.9 Å². The van der Waals surface area contributed by atoms with E-state index in [0.29, 0.717) is 11.4 Å². The van der Waals surface area contributed by atoms with Crippen LogP contribution in [0.3, 0.4) is 0 Å². The Kier molecular flexibility index (Phi) is 11.7. The molecule has 1 N–H and O–H groups in total. The smallest absolute Gasteiger partial charge is 0.149 e. The second kappa shape index (κ2) is 19.1. The first-order valence-corrected chi connectivity index (χ1v) is 25.6. The molecule has 356 valence electrons. The Labute approximate surface area is 428 Å². The number of phenols is 1. The van der Waals surface area contributed by atoms with Crippen LogP contribution in [0.4, 0.5) is 0 Å². The minimum absolute atomic E-state index is 0.0635. The molecule has 1 aliphatic rings. The zero-order valence-corrected chi connectivity index (χ0v) is 42.2. The van der Waals surface area contributed by atoms with Gasteiger partial charge in [0.05, 0.1) is 28.0 Å². The maximum absolute atomic E-state index is 12.8. The summed E-state index contributed by atoms with van der Waals surface area (Å²) in [6.45, 7) is 13.5. The van der Waals surface area contributed by atoms with Crippen molar-refractivity contribution in [3.8, 4) is 89.7 Å². The van der Waals surface area contributed by atoms with Crippen molar-refractivity contribution in [1.82, 2.24) is 14.5 Å². The molecule has 0 radical (unpaired) electrons. The molecular weight excluding hydrogens is 875 g/mol. The molecule has 1 saturated carbocycles. The highest BCUT2D eigenvalue weighted by molar-refractivity contribution is 5.99. The second-order valence-electron chi connectivity index (χ2n) is 21.6. The summed E-state index contributed by atoms with van der Waals surface area (Å²) >= 11 is 0. The summed E-state index contributed by atoms with van der Waals surface area (Å²) in [5.41, 5.74) is 17.8. The van der Waals surface area contributed by atoms with E-state index in [1.807, 2.05) is 60.8 Å². The lowest BCUT2D eigenvalue weighted by Crippen LogP contribution is -2.12. The fourth-order valence-corrected chi connectivity index (χ4v) is 10.4. The van der Waals surface area contributed by atoms with Gasteiger partial charge in [0.15, 0.2) is 0 Å². The van der Waals surface area contributed by atoms with E-state index in [-0.39, 0.29) is 22.5 Å². The van der Waals surface area contributed by atoms with E-state index in [4.69, 9.17) is 12.7 Å². The van der Waals surface area contributed by atoms with Crippen molar-refractivity contribution in [3.63, 3.8) is 0 Å². The van der Waals surface area contributed by atoms with Gasteiger partial charge in [-0.15, -0.1) is 0 Å². The summed E-state index contributed by atoms with van der Waals surface area (Å²) < 4.78 is 20.3. The number of rotatable bonds is 10. The monoisotopic (exact) mass is 940 g/mol. The third-order valence-corrected chi connectivity index (χ3v) is 14.5. The Bertz CT molecular complexity index is 3660. The van der Waals surface area contributed by atoms with E-state index in [1.54, 1.807) is 0 Å². The Balaban J connectivity index is 1.13. The van der Waals surface area contributed by atoms with Crippen molar-refractivity contribution >= 4 is 11.0 Å². The van der Waals surface area contributed by atoms with Crippen LogP contribution in [-0.4, -0.2) is 19.6 Å². The van der Waals surface area contributed by atoms with Gasteiger partial charge in [-0.1, -0.05) is 207 Å². The van der Waals surface area contributed by atoms with E-state index >= 15 is 0 Å². The van der Waals surface area contributed by atoms with Gasteiger partial charge >= 0.3 is 0 Å². The van der Waals surface area contributed by atoms with Gasteiger partial charge in [0, 0.05) is 31.2 Å². The lowest BCUT2D eigenvalue weighted by atomic mass is 9.83. The fourth-order valence-electron chi connectivity index (χ4n) is 10.4. The third kappa shape index (κ3) is 9.30. The van der Waals surface area contributed by atoms with Gasteiger partial charge in [0.2, 0.25) is 0 Å². The molecule has 0 bridgehead atoms. The number of aromatic nitrogens is 3. The van der Waals surface area contributed by atoms with Crippen LogP contribution in [0, 0.1) is 5.92 Å². The van der Waals surface area contributed by atoms with E-state index in [1.165, 1.54) is 5.56 Å². The standard InChI is InChI=1S/C68H63N3O/c1-67(2,3)55-33-34-62(58(44-55)49-23-12-8-13-24-49)71-63-28-18-27-57(64(63)70-66(71)60-42-52(47-21-10-7-11-22-47)41-59(65(60)72)50-25-14-9-15-26-50)53-38-54(40-56(39-53)68(4,5)6)61-43-51(35-36-69-61)48-31-29-46(30-32-48)37-45-19-16-17-20-45/h7-15,18,21-36,38-45,72H,16-17,19-20,37H2,1-6H3/i37D2. The van der Waals surface area contributed by atoms with Gasteiger partial charge in [0.25, 0.3) is 0 Å². The highest BCUT2D eigenvalue weighted by Gasteiger charge is 2.27. The number of aromatic hydroxyl groups is 1. The van der Waals surface area contributed by atoms with Crippen molar-refractivity contribution in [3.05, 3.63) is 217 Å². The molecule has 8 aromatic carbocycles. The number of hydrogen-bond acceptors (Lipinski definition) is 3. The predicted octanol–water partition coefficient (Wildman–Crippen LogP) is 18.1. The quantitative estimate of drug-likeness (QED) is 0.149. The van der Waals surface area contributed by atoms with Crippen molar-refractivity contribution in [1.29, 1.82) is 0 Å². The van der Waals surface area contributed by atoms with E-state index in [0.717, 1.165) is 120 Å². The normalized spacial score (nSPS) is 13.9. The van der Waals surface area contributed by atoms with E-state index in [2.05, 4.69) is 186 Å². The molecule has 4 nitrogen and oxygen atoms in total. The molecule has 4 heteroatoms. The first kappa shape index (κ1) is 44.1. The molecule has 1 aliphatic carbocycles. The molecule has 0 saturated heterocycles. The largest absolute Gasteiger partial charge is 0.507 e. The van der Waals surface area contributed by atoms with Crippen molar-refractivity contribution in [2.24, 2.45) is 5.92 Å². The van der Waals surface area contributed by atoms with Gasteiger partial charge in [-0.05, 0) is 133 Å². The summed E-state index contributed by atoms with van der Waals surface area (Å²) in [6, 6.07) is 67.5. The SMILES string of the molecule is [2H]C([2H])(c1ccc(-c2ccnc(-c3cc(-c4cccc5c4nc(-c4cc(-c6ccccc6)cc(-c6ccccc6)c4O)n5-c4ccc(C(C)(C)C)cc4-c4ccccc4)cc(C(C)(C)C)c3)c2)cc1)C1CCCC1. The Hall–Kier alpha value is -7.82. The number of hydrogen-bond donors (Lipinski definition) is 1. The molecule has 10 aromatic rings. The van der Waals surface area contributed by atoms with E-state index < -0.39 is 6.37 Å². The van der Waals surface area contributed by atoms with E-state index in [9.17, 15) is 5.11 Å². The molecule has 1 fully saturated rings. The minimum atomic E-state index is -1.35. The Morgan fingerprint density at radius 2 is 1.11 bits per heavy atom. The number of phenolic OH excluding ortho intramolecular Hbond substituents is 1. The summed E-state index contributed by atoms with van der Waals surface area (Å²) in [6.07, 6.45) is 4.62. The molecule has 72 heavy (non-hydrogen) atoms. The molecule has 0 unspecified atom stereocenters. The number of imidazole rings is 1. The van der Waals surface area contributed by atoms with Crippen LogP contribution in [0.15, 0.2) is 200 Å². The highest BCUT2D eigenvalue weighted by atomic mass is 16.3. The van der Waals surface area contributed by atoms with Crippen LogP contribution in [-0.2, 0) is 17.2 Å². The van der Waals surface area contributed by atoms with Crippen molar-refractivity contribution in [2.45, 2.75) is 84.4 Å². The maximum atomic E-state index is 12.8. The van der Waals surface area contributed by atoms with Gasteiger partial charge in [-0.25, -0.2) is 4.98 Å². The zero-order chi connectivity index (χ0) is 51.4. The van der Waals surface area contributed by atoms with Gasteiger partial charge in [-0.2, -0.15) is 0 Å². The van der Waals surface area contributed by atoms with Crippen LogP contribution < -0.4 is 0 Å². The molecule has 2 heterocycles. The number of pyridine rings is 1. The number of para-hydroxylation sites is 1. The van der Waals surface area contributed by atoms with Crippen molar-refractivity contribution in [2.75, 3.05) is 0 Å². The molecular formula is C68H63N3O.